The molecule has 0 bridgehead atoms. The molecule has 1 saturated heterocycles. The van der Waals surface area contributed by atoms with E-state index in [0.29, 0.717) is 6.42 Å². The molecule has 1 aliphatic heterocycles. The van der Waals surface area contributed by atoms with Crippen molar-refractivity contribution in [2.24, 2.45) is 5.92 Å². The number of methoxy groups -OCH3 is 1. The summed E-state index contributed by atoms with van der Waals surface area (Å²) in [6.07, 6.45) is 4.50. The van der Waals surface area contributed by atoms with E-state index in [1.54, 1.807) is 0 Å². The third kappa shape index (κ3) is 2.68. The molecular formula is C22H22N2O4. The Morgan fingerprint density at radius 2 is 2.04 bits per heavy atom. The van der Waals surface area contributed by atoms with Gasteiger partial charge in [0.1, 0.15) is 5.76 Å². The summed E-state index contributed by atoms with van der Waals surface area (Å²) in [5, 5.41) is 7.06. The van der Waals surface area contributed by atoms with Crippen LogP contribution >= 0.6 is 0 Å². The van der Waals surface area contributed by atoms with Crippen molar-refractivity contribution in [2.45, 2.75) is 32.1 Å². The van der Waals surface area contributed by atoms with E-state index in [1.807, 2.05) is 56.3 Å². The average molecular weight is 378 g/mol. The first kappa shape index (κ1) is 18.2. The van der Waals surface area contributed by atoms with Crippen LogP contribution in [0, 0.1) is 19.8 Å². The van der Waals surface area contributed by atoms with Gasteiger partial charge in [-0.1, -0.05) is 41.6 Å². The van der Waals surface area contributed by atoms with Gasteiger partial charge >= 0.3 is 5.97 Å². The number of amides is 1. The molecule has 1 aromatic heterocycles. The largest absolute Gasteiger partial charge is 0.469 e. The maximum absolute atomic E-state index is 13.2. The van der Waals surface area contributed by atoms with Crippen LogP contribution in [0.15, 0.2) is 52.7 Å². The third-order valence-electron chi connectivity index (χ3n) is 5.82. The molecule has 2 aromatic rings. The van der Waals surface area contributed by atoms with Crippen LogP contribution in [-0.4, -0.2) is 24.1 Å². The molecule has 1 amide bonds. The second-order valence-electron chi connectivity index (χ2n) is 7.31. The lowest BCUT2D eigenvalue weighted by Crippen LogP contribution is -2.42. The molecule has 144 valence electrons. The number of ether oxygens (including phenoxy) is 1. The van der Waals surface area contributed by atoms with E-state index < -0.39 is 11.4 Å². The van der Waals surface area contributed by atoms with Crippen molar-refractivity contribution in [1.82, 2.24) is 10.5 Å². The van der Waals surface area contributed by atoms with E-state index >= 15 is 0 Å². The van der Waals surface area contributed by atoms with Crippen molar-refractivity contribution in [2.75, 3.05) is 7.11 Å². The predicted molar refractivity (Wildman–Crippen MR) is 103 cm³/mol. The summed E-state index contributed by atoms with van der Waals surface area (Å²) in [5.41, 5.74) is 3.45. The van der Waals surface area contributed by atoms with E-state index in [1.165, 1.54) is 7.11 Å². The first-order valence-corrected chi connectivity index (χ1v) is 9.25. The van der Waals surface area contributed by atoms with Crippen LogP contribution in [0.2, 0.25) is 0 Å². The fourth-order valence-corrected chi connectivity index (χ4v) is 4.47. The van der Waals surface area contributed by atoms with Gasteiger partial charge in [-0.2, -0.15) is 0 Å². The first-order chi connectivity index (χ1) is 13.5. The Hall–Kier alpha value is -3.15. The van der Waals surface area contributed by atoms with Crippen molar-refractivity contribution in [3.05, 3.63) is 70.8 Å². The Labute approximate surface area is 163 Å². The molecule has 1 N–H and O–H groups in total. The first-order valence-electron chi connectivity index (χ1n) is 9.25. The summed E-state index contributed by atoms with van der Waals surface area (Å²) in [6.45, 7) is 3.79. The zero-order chi connectivity index (χ0) is 19.9. The number of hydrogen-bond acceptors (Lipinski definition) is 5. The summed E-state index contributed by atoms with van der Waals surface area (Å²) in [7, 11) is 1.35. The summed E-state index contributed by atoms with van der Waals surface area (Å²) < 4.78 is 10.3. The Bertz CT molecular complexity index is 983. The zero-order valence-corrected chi connectivity index (χ0v) is 16.1. The molecule has 4 rings (SSSR count). The Balaban J connectivity index is 1.82. The molecule has 6 heteroatoms. The van der Waals surface area contributed by atoms with E-state index in [2.05, 4.69) is 10.5 Å². The number of rotatable bonds is 4. The monoisotopic (exact) mass is 378 g/mol. The predicted octanol–water partition coefficient (Wildman–Crippen LogP) is 3.21. The number of benzene rings is 1. The van der Waals surface area contributed by atoms with E-state index in [9.17, 15) is 9.59 Å². The van der Waals surface area contributed by atoms with Gasteiger partial charge in [-0.3, -0.25) is 9.59 Å². The smallest absolute Gasteiger partial charge is 0.306 e. The molecule has 1 aromatic carbocycles. The molecule has 28 heavy (non-hydrogen) atoms. The molecule has 1 fully saturated rings. The highest BCUT2D eigenvalue weighted by molar-refractivity contribution is 5.98. The molecule has 0 spiro atoms. The van der Waals surface area contributed by atoms with Gasteiger partial charge in [-0.15, -0.1) is 0 Å². The summed E-state index contributed by atoms with van der Waals surface area (Å²) in [4.78, 5) is 25.6. The number of hydrogen-bond donors (Lipinski definition) is 1. The number of nitrogens with one attached hydrogen (secondary N) is 1. The molecule has 2 atom stereocenters. The number of aryl methyl sites for hydroxylation is 2. The van der Waals surface area contributed by atoms with Crippen LogP contribution < -0.4 is 5.32 Å². The van der Waals surface area contributed by atoms with Crippen LogP contribution in [0.3, 0.4) is 0 Å². The minimum absolute atomic E-state index is 0.0176. The van der Waals surface area contributed by atoms with Crippen LogP contribution in [0.25, 0.3) is 5.57 Å². The van der Waals surface area contributed by atoms with Gasteiger partial charge in [0.25, 0.3) is 0 Å². The minimum Gasteiger partial charge on any atom is -0.469 e. The molecule has 0 saturated carbocycles. The lowest BCUT2D eigenvalue weighted by Gasteiger charge is -2.34. The lowest BCUT2D eigenvalue weighted by atomic mass is 9.65. The number of nitrogens with zero attached hydrogens (tertiary/aromatic N) is 1. The topological polar surface area (TPSA) is 81.4 Å². The van der Waals surface area contributed by atoms with Gasteiger partial charge < -0.3 is 14.6 Å². The number of fused-ring (bicyclic) bond motifs is 1. The minimum atomic E-state index is -1.02. The van der Waals surface area contributed by atoms with Crippen molar-refractivity contribution in [3.8, 4) is 0 Å². The van der Waals surface area contributed by atoms with Crippen LogP contribution in [0.5, 0.6) is 0 Å². The van der Waals surface area contributed by atoms with Crippen molar-refractivity contribution >= 4 is 17.4 Å². The molecule has 2 heterocycles. The van der Waals surface area contributed by atoms with Gasteiger partial charge in [0.15, 0.2) is 0 Å². The van der Waals surface area contributed by atoms with Gasteiger partial charge in [0, 0.05) is 17.2 Å². The van der Waals surface area contributed by atoms with E-state index in [-0.39, 0.29) is 18.2 Å². The Kier molecular flexibility index (Phi) is 4.41. The molecule has 6 nitrogen and oxygen atoms in total. The summed E-state index contributed by atoms with van der Waals surface area (Å²) in [5.74, 6) is -0.0335. The van der Waals surface area contributed by atoms with E-state index in [4.69, 9.17) is 9.26 Å². The van der Waals surface area contributed by atoms with Gasteiger partial charge in [-0.25, -0.2) is 0 Å². The number of carbonyl (C=O) groups excluding carboxylic acids is 2. The Morgan fingerprint density at radius 1 is 1.29 bits per heavy atom. The highest BCUT2D eigenvalue weighted by atomic mass is 16.5. The molecule has 2 unspecified atom stereocenters. The molecule has 2 aliphatic rings. The molecular weight excluding hydrogens is 356 g/mol. The normalized spacial score (nSPS) is 23.5. The maximum Gasteiger partial charge on any atom is 0.306 e. The number of aromatic nitrogens is 1. The zero-order valence-electron chi connectivity index (χ0n) is 16.1. The highest BCUT2D eigenvalue weighted by Crippen LogP contribution is 2.50. The highest BCUT2D eigenvalue weighted by Gasteiger charge is 2.56. The average Bonchev–Trinajstić information content (AvgIpc) is 3.18. The van der Waals surface area contributed by atoms with Crippen molar-refractivity contribution in [1.29, 1.82) is 0 Å². The summed E-state index contributed by atoms with van der Waals surface area (Å²) >= 11 is 0. The number of carbonyl (C=O) groups is 2. The standard InChI is InChI=1S/C22H22N2O4/c1-13-20(14(2)28-24-13)15-9-10-18-17(11-15)22(21(26)23-18,12-19(25)27-3)16-7-5-4-6-8-16/h4-10,17H,11-12H2,1-3H3,(H,23,26). The van der Waals surface area contributed by atoms with Crippen molar-refractivity contribution < 1.29 is 18.8 Å². The second kappa shape index (κ2) is 6.78. The number of allylic oxidation sites excluding steroid dienone is 4. The maximum atomic E-state index is 13.2. The SMILES string of the molecule is COC(=O)CC1(c2ccccc2)C(=O)NC2=CC=C(c3c(C)noc3C)CC21. The molecule has 0 radical (unpaired) electrons. The fourth-order valence-electron chi connectivity index (χ4n) is 4.47. The van der Waals surface area contributed by atoms with Gasteiger partial charge in [0.2, 0.25) is 5.91 Å². The van der Waals surface area contributed by atoms with Crippen LogP contribution in [0.4, 0.5) is 0 Å². The number of esters is 1. The van der Waals surface area contributed by atoms with Crippen LogP contribution in [-0.2, 0) is 19.7 Å². The van der Waals surface area contributed by atoms with Gasteiger partial charge in [0.05, 0.1) is 24.6 Å². The van der Waals surface area contributed by atoms with Gasteiger partial charge in [-0.05, 0) is 37.5 Å². The fraction of sp³-hybridized carbons (Fsp3) is 0.318. The Morgan fingerprint density at radius 3 is 2.68 bits per heavy atom. The summed E-state index contributed by atoms with van der Waals surface area (Å²) in [6, 6.07) is 9.47. The molecule has 1 aliphatic carbocycles. The third-order valence-corrected chi connectivity index (χ3v) is 5.82. The van der Waals surface area contributed by atoms with Crippen LogP contribution in [0.1, 0.15) is 35.4 Å². The quantitative estimate of drug-likeness (QED) is 0.826. The van der Waals surface area contributed by atoms with E-state index in [0.717, 1.165) is 33.9 Å². The van der Waals surface area contributed by atoms with Crippen molar-refractivity contribution in [3.63, 3.8) is 0 Å². The lowest BCUT2D eigenvalue weighted by molar-refractivity contribution is -0.145. The second-order valence-corrected chi connectivity index (χ2v) is 7.31.